The van der Waals surface area contributed by atoms with Crippen molar-refractivity contribution < 1.29 is 75.8 Å². The van der Waals surface area contributed by atoms with E-state index in [1.807, 2.05) is 0 Å². The minimum absolute atomic E-state index is 0.0728. The molecule has 0 rings (SSSR count). The van der Waals surface area contributed by atoms with Gasteiger partial charge >= 0.3 is 33.6 Å². The Morgan fingerprint density at radius 1 is 0.262 bits per heavy atom. The molecule has 0 aromatic heterocycles. The molecule has 0 radical (unpaired) electrons. The van der Waals surface area contributed by atoms with Crippen molar-refractivity contribution in [3.63, 3.8) is 0 Å². The largest absolute Gasteiger partial charge is 0.472 e. The first-order chi connectivity index (χ1) is 52.2. The van der Waals surface area contributed by atoms with E-state index >= 15 is 0 Å². The Kier molecular flexibility index (Phi) is 75.7. The summed E-state index contributed by atoms with van der Waals surface area (Å²) in [6.07, 6.45) is 105. The molecule has 5 unspecified atom stereocenters. The Bertz CT molecular complexity index is 2720. The zero-order valence-electron chi connectivity index (χ0n) is 66.2. The summed E-state index contributed by atoms with van der Waals surface area (Å²) in [5.74, 6) is -1.63. The Morgan fingerprint density at radius 3 is 0.738 bits per heavy atom. The lowest BCUT2D eigenvalue weighted by Gasteiger charge is -2.21. The van der Waals surface area contributed by atoms with Crippen LogP contribution in [0.3, 0.4) is 0 Å². The number of unbranched alkanes of at least 4 members (excludes halogenated alkanes) is 20. The van der Waals surface area contributed by atoms with Crippen molar-refractivity contribution in [1.82, 2.24) is 0 Å². The molecular weight excluding hydrogens is 1390 g/mol. The van der Waals surface area contributed by atoms with Crippen molar-refractivity contribution in [2.45, 2.75) is 309 Å². The van der Waals surface area contributed by atoms with Gasteiger partial charge in [-0.15, -0.1) is 0 Å². The molecule has 0 aliphatic rings. The van der Waals surface area contributed by atoms with Crippen molar-refractivity contribution >= 4 is 33.6 Å². The van der Waals surface area contributed by atoms with Crippen LogP contribution in [0.15, 0.2) is 194 Å². The van der Waals surface area contributed by atoms with Gasteiger partial charge in [-0.05, 0) is 161 Å². The van der Waals surface area contributed by atoms with E-state index in [0.717, 1.165) is 205 Å². The number of carbonyl (C=O) groups is 3. The van der Waals surface area contributed by atoms with Crippen molar-refractivity contribution in [2.75, 3.05) is 39.6 Å². The minimum Gasteiger partial charge on any atom is -0.463 e. The lowest BCUT2D eigenvalue weighted by atomic mass is 10.1. The van der Waals surface area contributed by atoms with Gasteiger partial charge in [-0.3, -0.25) is 32.5 Å². The lowest BCUT2D eigenvalue weighted by molar-refractivity contribution is -0.161. The van der Waals surface area contributed by atoms with Gasteiger partial charge in [-0.1, -0.05) is 305 Å². The molecule has 5 atom stereocenters. The smallest absolute Gasteiger partial charge is 0.463 e. The molecular formula is C89H144O16P2. The van der Waals surface area contributed by atoms with Crippen LogP contribution >= 0.6 is 15.6 Å². The van der Waals surface area contributed by atoms with Gasteiger partial charge in [0, 0.05) is 19.3 Å². The van der Waals surface area contributed by atoms with Gasteiger partial charge in [0.05, 0.1) is 26.4 Å². The van der Waals surface area contributed by atoms with E-state index in [4.69, 9.17) is 32.3 Å². The monoisotopic (exact) mass is 1530 g/mol. The fraction of sp³-hybridized carbons (Fsp3) is 0.607. The van der Waals surface area contributed by atoms with Crippen LogP contribution < -0.4 is 0 Å². The van der Waals surface area contributed by atoms with Gasteiger partial charge in [0.25, 0.3) is 0 Å². The van der Waals surface area contributed by atoms with Crippen LogP contribution in [-0.2, 0) is 55.8 Å². The summed E-state index contributed by atoms with van der Waals surface area (Å²) in [5, 5.41) is 20.7. The summed E-state index contributed by atoms with van der Waals surface area (Å²) in [5.41, 5.74) is 0. The zero-order chi connectivity index (χ0) is 78.0. The number of carbonyl (C=O) groups excluding carboxylic acids is 3. The highest BCUT2D eigenvalue weighted by Gasteiger charge is 2.29. The second-order valence-corrected chi connectivity index (χ2v) is 29.3. The molecule has 0 aliphatic carbocycles. The first-order valence-electron chi connectivity index (χ1n) is 40.7. The summed E-state index contributed by atoms with van der Waals surface area (Å²) in [6.45, 7) is 2.28. The van der Waals surface area contributed by atoms with Gasteiger partial charge in [0.1, 0.15) is 25.4 Å². The van der Waals surface area contributed by atoms with E-state index in [9.17, 15) is 43.5 Å². The third-order valence-corrected chi connectivity index (χ3v) is 18.2. The number of phosphoric ester groups is 2. The second kappa shape index (κ2) is 79.9. The van der Waals surface area contributed by atoms with Crippen LogP contribution in [0.1, 0.15) is 290 Å². The topological polar surface area (TPSA) is 231 Å². The Morgan fingerprint density at radius 2 is 0.467 bits per heavy atom. The molecule has 0 aliphatic heterocycles. The highest BCUT2D eigenvalue weighted by atomic mass is 31.2. The molecule has 0 aromatic carbocycles. The fourth-order valence-electron chi connectivity index (χ4n) is 10.2. The van der Waals surface area contributed by atoms with E-state index < -0.39 is 91.5 Å². The summed E-state index contributed by atoms with van der Waals surface area (Å²) in [6, 6.07) is 0. The van der Waals surface area contributed by atoms with Crippen LogP contribution in [0, 0.1) is 0 Å². The van der Waals surface area contributed by atoms with Crippen LogP contribution in [0.4, 0.5) is 0 Å². The predicted molar refractivity (Wildman–Crippen MR) is 444 cm³/mol. The Balaban J connectivity index is 4.74. The normalized spacial score (nSPS) is 14.9. The highest BCUT2D eigenvalue weighted by molar-refractivity contribution is 7.47. The quantitative estimate of drug-likeness (QED) is 0.0146. The first kappa shape index (κ1) is 101. The molecule has 0 bridgehead atoms. The number of ether oxygens (including phenoxy) is 3. The van der Waals surface area contributed by atoms with Crippen molar-refractivity contribution in [3.05, 3.63) is 194 Å². The van der Waals surface area contributed by atoms with Gasteiger partial charge < -0.3 is 34.2 Å². The van der Waals surface area contributed by atoms with Crippen LogP contribution in [0.2, 0.25) is 0 Å². The van der Waals surface area contributed by atoms with Gasteiger partial charge in [-0.2, -0.15) is 0 Å². The molecule has 0 saturated carbocycles. The number of hydrogen-bond donors (Lipinski definition) is 4. The maximum Gasteiger partial charge on any atom is 0.472 e. The van der Waals surface area contributed by atoms with E-state index in [-0.39, 0.29) is 19.3 Å². The maximum atomic E-state index is 13.0. The van der Waals surface area contributed by atoms with E-state index in [0.29, 0.717) is 19.3 Å². The maximum absolute atomic E-state index is 13.0. The molecule has 4 N–H and O–H groups in total. The van der Waals surface area contributed by atoms with Crippen LogP contribution in [-0.4, -0.2) is 95.9 Å². The molecule has 107 heavy (non-hydrogen) atoms. The second-order valence-electron chi connectivity index (χ2n) is 26.4. The summed E-state index contributed by atoms with van der Waals surface area (Å²) in [7, 11) is -9.83. The summed E-state index contributed by atoms with van der Waals surface area (Å²) in [4.78, 5) is 58.8. The van der Waals surface area contributed by atoms with E-state index in [1.54, 1.807) is 0 Å². The SMILES string of the molecule is CC/C=C\C/C=C\C/C=C\C/C=C\C/C=C\C/C=C\CCCCCCCCC(=O)OCC(O)COP(=O)(O)OCC(O)COP(=O)(O)OCC(COC(=O)CCCCCCCCCCC/C=C\C/C=C\C/C=C\C/C=C\C/C=C\CC)OC(=O)CCCCCCC/C=C\C/C=C\C/C=C\C/C=C\C/C=C\CC. The molecule has 0 aromatic rings. The number of aliphatic hydroxyl groups excluding tert-OH is 2. The van der Waals surface area contributed by atoms with Crippen molar-refractivity contribution in [2.24, 2.45) is 0 Å². The average molecular weight is 1530 g/mol. The number of allylic oxidation sites excluding steroid dienone is 32. The number of rotatable bonds is 75. The molecule has 0 saturated heterocycles. The summed E-state index contributed by atoms with van der Waals surface area (Å²) < 4.78 is 61.3. The van der Waals surface area contributed by atoms with Crippen LogP contribution in [0.5, 0.6) is 0 Å². The number of hydrogen-bond acceptors (Lipinski definition) is 14. The molecule has 0 amide bonds. The minimum atomic E-state index is -4.95. The number of aliphatic hydroxyl groups is 2. The first-order valence-corrected chi connectivity index (χ1v) is 43.7. The van der Waals surface area contributed by atoms with Gasteiger partial charge in [-0.25, -0.2) is 9.13 Å². The van der Waals surface area contributed by atoms with E-state index in [2.05, 4.69) is 215 Å². The van der Waals surface area contributed by atoms with Gasteiger partial charge in [0.15, 0.2) is 6.10 Å². The van der Waals surface area contributed by atoms with Crippen molar-refractivity contribution in [1.29, 1.82) is 0 Å². The fourth-order valence-corrected chi connectivity index (χ4v) is 11.8. The molecule has 18 heteroatoms. The molecule has 0 fully saturated rings. The third-order valence-electron chi connectivity index (χ3n) is 16.3. The Hall–Kier alpha value is -5.61. The van der Waals surface area contributed by atoms with Crippen molar-refractivity contribution in [3.8, 4) is 0 Å². The third kappa shape index (κ3) is 81.2. The molecule has 0 spiro atoms. The van der Waals surface area contributed by atoms with E-state index in [1.165, 1.54) is 25.7 Å². The Labute approximate surface area is 648 Å². The van der Waals surface area contributed by atoms with Gasteiger partial charge in [0.2, 0.25) is 0 Å². The summed E-state index contributed by atoms with van der Waals surface area (Å²) >= 11 is 0. The number of esters is 3. The predicted octanol–water partition coefficient (Wildman–Crippen LogP) is 24.3. The lowest BCUT2D eigenvalue weighted by Crippen LogP contribution is -2.30. The molecule has 16 nitrogen and oxygen atoms in total. The molecule has 0 heterocycles. The standard InChI is InChI=1S/C89H144O16P2/c1-4-7-10-13-16-19-22-25-28-31-34-37-39-41-43-46-48-51-54-57-60-63-66-69-72-75-87(92)99-78-84(90)79-101-106(95,96)102-80-85(91)81-103-107(97,98)104-83-86(105-89(94)77-74-71-68-65-62-59-56-53-50-45-36-33-30-27-24-21-18-15-12-9-6-3)82-100-88(93)76-73-70-67-64-61-58-55-52-49-47-44-42-40-38-35-32-29-26-23-20-17-14-11-8-5-2/h7-12,16-21,25-30,34-38,41-45,48,51,53,56,84-86,90-91H,4-6,13-15,22-24,31-33,39-40,46-47,49-50,52,54-55,57-83H2,1-3H3,(H,95,96)(H,97,98)/b10-7-,11-8-,12-9-,19-16-,20-17-,21-18-,28-25-,29-26-,30-27-,37-34-,38-35-,43-41-,44-42-,45-36-,51-48-,56-53-. The zero-order valence-corrected chi connectivity index (χ0v) is 68.0. The number of phosphoric acid groups is 2. The highest BCUT2D eigenvalue weighted by Crippen LogP contribution is 2.45. The average Bonchev–Trinajstić information content (AvgIpc) is 0.904. The van der Waals surface area contributed by atoms with Crippen LogP contribution in [0.25, 0.3) is 0 Å². The molecule has 606 valence electrons.